The zero-order valence-electron chi connectivity index (χ0n) is 28.9. The molecule has 0 radical (unpaired) electrons. The van der Waals surface area contributed by atoms with Gasteiger partial charge in [-0.1, -0.05) is 20.8 Å². The second-order valence-corrected chi connectivity index (χ2v) is 17.9. The van der Waals surface area contributed by atoms with Gasteiger partial charge in [-0.3, -0.25) is 9.69 Å². The van der Waals surface area contributed by atoms with Crippen LogP contribution in [0.25, 0.3) is 0 Å². The predicted octanol–water partition coefficient (Wildman–Crippen LogP) is 5.32. The van der Waals surface area contributed by atoms with Gasteiger partial charge in [0.05, 0.1) is 50.2 Å². The Labute approximate surface area is 271 Å². The molecule has 256 valence electrons. The van der Waals surface area contributed by atoms with Crippen LogP contribution in [0.2, 0.25) is 0 Å². The van der Waals surface area contributed by atoms with E-state index in [9.17, 15) is 15.0 Å². The summed E-state index contributed by atoms with van der Waals surface area (Å²) in [6.07, 6.45) is 11.5. The molecular formula is C37H61NO7. The summed E-state index contributed by atoms with van der Waals surface area (Å²) in [5.74, 6) is 1.91. The van der Waals surface area contributed by atoms with Gasteiger partial charge in [0, 0.05) is 13.5 Å². The Morgan fingerprint density at radius 3 is 2.53 bits per heavy atom. The van der Waals surface area contributed by atoms with E-state index in [0.29, 0.717) is 41.0 Å². The summed E-state index contributed by atoms with van der Waals surface area (Å²) in [5, 5.41) is 22.1. The van der Waals surface area contributed by atoms with Gasteiger partial charge in [-0.05, 0) is 130 Å². The number of rotatable bonds is 9. The van der Waals surface area contributed by atoms with Gasteiger partial charge in [0.2, 0.25) is 0 Å². The van der Waals surface area contributed by atoms with Gasteiger partial charge in [0.1, 0.15) is 6.10 Å². The Morgan fingerprint density at radius 2 is 1.84 bits per heavy atom. The highest BCUT2D eigenvalue weighted by Gasteiger charge is 2.80. The van der Waals surface area contributed by atoms with Crippen LogP contribution < -0.4 is 0 Å². The summed E-state index contributed by atoms with van der Waals surface area (Å²) < 4.78 is 24.0. The first kappa shape index (κ1) is 32.8. The molecule has 2 spiro atoms. The number of esters is 1. The largest absolute Gasteiger partial charge is 0.460 e. The summed E-state index contributed by atoms with van der Waals surface area (Å²) >= 11 is 0. The molecule has 7 rings (SSSR count). The lowest BCUT2D eigenvalue weighted by atomic mass is 9.46. The summed E-state index contributed by atoms with van der Waals surface area (Å²) in [6.45, 7) is 16.6. The summed E-state index contributed by atoms with van der Waals surface area (Å²) in [5.41, 5.74) is 0.0884. The molecule has 0 aromatic rings. The molecule has 45 heavy (non-hydrogen) atoms. The van der Waals surface area contributed by atoms with E-state index in [2.05, 4.69) is 25.7 Å². The number of aliphatic hydroxyl groups excluding tert-OH is 1. The fourth-order valence-corrected chi connectivity index (χ4v) is 12.7. The number of aliphatic hydroxyl groups is 2. The number of hydrogen-bond donors (Lipinski definition) is 2. The van der Waals surface area contributed by atoms with Crippen LogP contribution in [-0.4, -0.2) is 90.2 Å². The van der Waals surface area contributed by atoms with Crippen LogP contribution in [0, 0.1) is 45.3 Å². The standard InChI is InChI=1S/C37H61NO7/c1-23(39)44-31(34(4,5)41)9-7-8-26-28(40)18-27-25-10-11-29-33(2,3)30(45-32-19-38(16-17-43-32)24-20-42-21-24)12-13-37(29)22-36(25,37)15-14-35(26,27)6/h24-32,40-41H,7-22H2,1-6H3/t25?,26?,27?,28?,29?,30?,31-,32?,35?,36?,37?/m0/s1. The number of ether oxygens (including phenoxy) is 4. The van der Waals surface area contributed by atoms with Gasteiger partial charge >= 0.3 is 5.97 Å². The van der Waals surface area contributed by atoms with Crippen LogP contribution >= 0.6 is 0 Å². The second-order valence-electron chi connectivity index (χ2n) is 17.9. The Morgan fingerprint density at radius 1 is 1.07 bits per heavy atom. The molecule has 11 atom stereocenters. The molecule has 5 aliphatic carbocycles. The minimum atomic E-state index is -1.07. The first-order chi connectivity index (χ1) is 21.2. The predicted molar refractivity (Wildman–Crippen MR) is 170 cm³/mol. The van der Waals surface area contributed by atoms with E-state index >= 15 is 0 Å². The zero-order chi connectivity index (χ0) is 32.0. The maximum absolute atomic E-state index is 11.7. The highest BCUT2D eigenvalue weighted by Crippen LogP contribution is 2.87. The van der Waals surface area contributed by atoms with Gasteiger partial charge < -0.3 is 29.2 Å². The van der Waals surface area contributed by atoms with Crippen molar-refractivity contribution in [3.8, 4) is 0 Å². The SMILES string of the molecule is CC(=O)O[C@@H](CCCC1C(O)CC2C3CCC4C(C)(C)C(OC5CN(C6COC6)CCO5)CCC45CC35CCC12C)C(C)(C)O. The van der Waals surface area contributed by atoms with Crippen molar-refractivity contribution in [1.29, 1.82) is 0 Å². The van der Waals surface area contributed by atoms with Crippen molar-refractivity contribution < 1.29 is 34.0 Å². The van der Waals surface area contributed by atoms with Crippen molar-refractivity contribution in [2.75, 3.05) is 32.9 Å². The van der Waals surface area contributed by atoms with Crippen LogP contribution in [0.3, 0.4) is 0 Å². The van der Waals surface area contributed by atoms with E-state index in [4.69, 9.17) is 18.9 Å². The Hall–Kier alpha value is -0.770. The minimum Gasteiger partial charge on any atom is -0.460 e. The van der Waals surface area contributed by atoms with E-state index in [0.717, 1.165) is 58.6 Å². The quantitative estimate of drug-likeness (QED) is 0.330. The molecule has 0 aromatic heterocycles. The molecule has 7 aliphatic rings. The maximum atomic E-state index is 11.7. The Bertz CT molecular complexity index is 1120. The minimum absolute atomic E-state index is 0.120. The average molecular weight is 632 g/mol. The van der Waals surface area contributed by atoms with E-state index < -0.39 is 11.7 Å². The molecular weight excluding hydrogens is 570 g/mol. The third-order valence-corrected chi connectivity index (χ3v) is 15.1. The third kappa shape index (κ3) is 5.26. The van der Waals surface area contributed by atoms with Gasteiger partial charge in [-0.25, -0.2) is 0 Å². The molecule has 2 heterocycles. The monoisotopic (exact) mass is 631 g/mol. The smallest absolute Gasteiger partial charge is 0.303 e. The van der Waals surface area contributed by atoms with Crippen LogP contribution in [0.5, 0.6) is 0 Å². The first-order valence-electron chi connectivity index (χ1n) is 18.4. The summed E-state index contributed by atoms with van der Waals surface area (Å²) in [6, 6.07) is 0.528. The van der Waals surface area contributed by atoms with Gasteiger partial charge in [-0.2, -0.15) is 0 Å². The molecule has 0 aromatic carbocycles. The van der Waals surface area contributed by atoms with E-state index in [1.165, 1.54) is 45.4 Å². The van der Waals surface area contributed by atoms with Gasteiger partial charge in [0.15, 0.2) is 6.29 Å². The number of hydrogen-bond acceptors (Lipinski definition) is 8. The average Bonchev–Trinajstić information content (AvgIpc) is 3.52. The number of fused-ring (bicyclic) bond motifs is 2. The first-order valence-corrected chi connectivity index (χ1v) is 18.4. The highest BCUT2D eigenvalue weighted by atomic mass is 16.7. The van der Waals surface area contributed by atoms with Crippen molar-refractivity contribution in [3.05, 3.63) is 0 Å². The van der Waals surface area contributed by atoms with Crippen molar-refractivity contribution in [3.63, 3.8) is 0 Å². The fraction of sp³-hybridized carbons (Fsp3) is 0.973. The second kappa shape index (κ2) is 11.4. The summed E-state index contributed by atoms with van der Waals surface area (Å²) in [4.78, 5) is 14.2. The van der Waals surface area contributed by atoms with Crippen LogP contribution in [0.4, 0.5) is 0 Å². The lowest BCUT2D eigenvalue weighted by molar-refractivity contribution is -0.253. The number of carbonyl (C=O) groups is 1. The van der Waals surface area contributed by atoms with Crippen molar-refractivity contribution >= 4 is 5.97 Å². The third-order valence-electron chi connectivity index (χ3n) is 15.1. The Kier molecular flexibility index (Phi) is 8.30. The van der Waals surface area contributed by atoms with Gasteiger partial charge in [-0.15, -0.1) is 0 Å². The zero-order valence-corrected chi connectivity index (χ0v) is 28.9. The van der Waals surface area contributed by atoms with Crippen LogP contribution in [0.15, 0.2) is 0 Å². The van der Waals surface area contributed by atoms with Crippen molar-refractivity contribution in [2.45, 2.75) is 148 Å². The lowest BCUT2D eigenvalue weighted by Crippen LogP contribution is -2.58. The molecule has 5 saturated carbocycles. The van der Waals surface area contributed by atoms with Crippen molar-refractivity contribution in [1.82, 2.24) is 4.90 Å². The molecule has 0 bridgehead atoms. The molecule has 0 amide bonds. The molecule has 8 nitrogen and oxygen atoms in total. The topological polar surface area (TPSA) is 97.7 Å². The lowest BCUT2D eigenvalue weighted by Gasteiger charge is -2.60. The van der Waals surface area contributed by atoms with E-state index in [-0.39, 0.29) is 41.2 Å². The van der Waals surface area contributed by atoms with E-state index in [1.54, 1.807) is 13.8 Å². The number of morpholine rings is 1. The number of nitrogens with zero attached hydrogens (tertiary/aromatic N) is 1. The molecule has 2 aliphatic heterocycles. The Balaban J connectivity index is 1.01. The molecule has 7 fully saturated rings. The molecule has 2 saturated heterocycles. The van der Waals surface area contributed by atoms with E-state index in [1.807, 2.05) is 0 Å². The van der Waals surface area contributed by atoms with Crippen molar-refractivity contribution in [2.24, 2.45) is 45.3 Å². The molecule has 10 unspecified atom stereocenters. The number of carbonyl (C=O) groups excluding carboxylic acids is 1. The fourth-order valence-electron chi connectivity index (χ4n) is 12.7. The highest BCUT2D eigenvalue weighted by molar-refractivity contribution is 5.66. The molecule has 2 N–H and O–H groups in total. The van der Waals surface area contributed by atoms with Crippen LogP contribution in [-0.2, 0) is 23.7 Å². The summed E-state index contributed by atoms with van der Waals surface area (Å²) in [7, 11) is 0. The normalized spacial score (nSPS) is 46.6. The molecule has 8 heteroatoms. The van der Waals surface area contributed by atoms with Gasteiger partial charge in [0.25, 0.3) is 0 Å². The van der Waals surface area contributed by atoms with Crippen LogP contribution in [0.1, 0.15) is 112 Å². The maximum Gasteiger partial charge on any atom is 0.303 e.